The van der Waals surface area contributed by atoms with Crippen LogP contribution in [-0.4, -0.2) is 33.9 Å². The highest BCUT2D eigenvalue weighted by Crippen LogP contribution is 2.27. The molecule has 1 aliphatic rings. The molecule has 0 spiro atoms. The van der Waals surface area contributed by atoms with Crippen LogP contribution in [0.4, 0.5) is 11.5 Å². The van der Waals surface area contributed by atoms with E-state index in [1.807, 2.05) is 30.9 Å². The average molecular weight is 325 g/mol. The Balaban J connectivity index is 1.95. The second-order valence-electron chi connectivity index (χ2n) is 6.65. The summed E-state index contributed by atoms with van der Waals surface area (Å²) in [4.78, 5) is 15.2. The Morgan fingerprint density at radius 3 is 2.88 bits per heavy atom. The number of pyridine rings is 1. The van der Waals surface area contributed by atoms with Crippen LogP contribution >= 0.6 is 0 Å². The van der Waals surface area contributed by atoms with Crippen LogP contribution in [-0.2, 0) is 11.8 Å². The van der Waals surface area contributed by atoms with Crippen LogP contribution in [0.25, 0.3) is 0 Å². The van der Waals surface area contributed by atoms with Crippen LogP contribution in [0.3, 0.4) is 0 Å². The Kier molecular flexibility index (Phi) is 4.19. The highest BCUT2D eigenvalue weighted by Gasteiger charge is 2.26. The van der Waals surface area contributed by atoms with Crippen molar-refractivity contribution < 1.29 is 0 Å². The molecule has 0 aromatic carbocycles. The first-order valence-corrected chi connectivity index (χ1v) is 8.07. The van der Waals surface area contributed by atoms with Gasteiger partial charge in [-0.25, -0.2) is 9.97 Å². The topological polar surface area (TPSA) is 118 Å². The number of fused-ring (bicyclic) bond motifs is 1. The molecule has 1 aliphatic heterocycles. The smallest absolute Gasteiger partial charge is 0.155 e. The SMILES string of the molecule is CC(C)(CN)c1cnc(C(=N)N2CCCc3ncccc32)c(N)n1. The molecule has 5 N–H and O–H groups in total. The van der Waals surface area contributed by atoms with Gasteiger partial charge in [0.2, 0.25) is 0 Å². The Bertz CT molecular complexity index is 769. The van der Waals surface area contributed by atoms with E-state index in [0.29, 0.717) is 12.2 Å². The van der Waals surface area contributed by atoms with Gasteiger partial charge in [-0.2, -0.15) is 0 Å². The summed E-state index contributed by atoms with van der Waals surface area (Å²) in [7, 11) is 0. The summed E-state index contributed by atoms with van der Waals surface area (Å²) >= 11 is 0. The zero-order valence-electron chi connectivity index (χ0n) is 14.1. The van der Waals surface area contributed by atoms with Crippen LogP contribution in [0.15, 0.2) is 24.5 Å². The molecule has 3 heterocycles. The first-order valence-electron chi connectivity index (χ1n) is 8.07. The fourth-order valence-corrected chi connectivity index (χ4v) is 2.77. The fourth-order valence-electron chi connectivity index (χ4n) is 2.77. The largest absolute Gasteiger partial charge is 0.382 e. The summed E-state index contributed by atoms with van der Waals surface area (Å²) < 4.78 is 0. The number of anilines is 2. The minimum Gasteiger partial charge on any atom is -0.382 e. The van der Waals surface area contributed by atoms with Crippen molar-refractivity contribution in [1.29, 1.82) is 5.41 Å². The molecule has 2 aromatic rings. The Morgan fingerprint density at radius 1 is 1.38 bits per heavy atom. The molecule has 0 amide bonds. The molecule has 0 fully saturated rings. The van der Waals surface area contributed by atoms with Gasteiger partial charge in [0.1, 0.15) is 5.69 Å². The summed E-state index contributed by atoms with van der Waals surface area (Å²) in [5.41, 5.74) is 14.7. The van der Waals surface area contributed by atoms with Crippen molar-refractivity contribution in [2.24, 2.45) is 5.73 Å². The molecular weight excluding hydrogens is 302 g/mol. The van der Waals surface area contributed by atoms with Crippen molar-refractivity contribution in [1.82, 2.24) is 15.0 Å². The van der Waals surface area contributed by atoms with Gasteiger partial charge in [0.15, 0.2) is 11.7 Å². The monoisotopic (exact) mass is 325 g/mol. The van der Waals surface area contributed by atoms with Gasteiger partial charge < -0.3 is 16.4 Å². The number of hydrogen-bond donors (Lipinski definition) is 3. The number of nitrogen functional groups attached to an aromatic ring is 1. The van der Waals surface area contributed by atoms with Gasteiger partial charge in [-0.1, -0.05) is 13.8 Å². The van der Waals surface area contributed by atoms with E-state index in [2.05, 4.69) is 15.0 Å². The van der Waals surface area contributed by atoms with E-state index in [1.54, 1.807) is 12.4 Å². The number of rotatable bonds is 3. The lowest BCUT2D eigenvalue weighted by Crippen LogP contribution is -2.37. The molecule has 3 rings (SSSR count). The van der Waals surface area contributed by atoms with Crippen molar-refractivity contribution >= 4 is 17.3 Å². The highest BCUT2D eigenvalue weighted by molar-refractivity contribution is 6.09. The zero-order chi connectivity index (χ0) is 17.3. The van der Waals surface area contributed by atoms with Gasteiger partial charge in [-0.05, 0) is 25.0 Å². The molecule has 24 heavy (non-hydrogen) atoms. The molecular formula is C17H23N7. The van der Waals surface area contributed by atoms with Gasteiger partial charge in [0, 0.05) is 24.7 Å². The number of nitrogens with two attached hydrogens (primary N) is 2. The van der Waals surface area contributed by atoms with E-state index in [1.165, 1.54) is 0 Å². The van der Waals surface area contributed by atoms with Crippen molar-refractivity contribution in [2.75, 3.05) is 23.7 Å². The predicted molar refractivity (Wildman–Crippen MR) is 95.3 cm³/mol. The number of aromatic nitrogens is 3. The molecule has 0 atom stereocenters. The molecule has 0 bridgehead atoms. The lowest BCUT2D eigenvalue weighted by atomic mass is 9.90. The number of hydrogen-bond acceptors (Lipinski definition) is 6. The third-order valence-electron chi connectivity index (χ3n) is 4.45. The van der Waals surface area contributed by atoms with Crippen molar-refractivity contribution in [2.45, 2.75) is 32.1 Å². The van der Waals surface area contributed by atoms with E-state index < -0.39 is 0 Å². The Morgan fingerprint density at radius 2 is 2.17 bits per heavy atom. The standard InChI is InChI=1S/C17H23N7/c1-17(2,10-18)13-9-22-14(15(19)23-13)16(20)24-8-4-5-11-12(24)6-3-7-21-11/h3,6-7,9,20H,4-5,8,10,18H2,1-2H3,(H2,19,23). The Labute approximate surface area is 141 Å². The zero-order valence-corrected chi connectivity index (χ0v) is 14.1. The van der Waals surface area contributed by atoms with E-state index >= 15 is 0 Å². The van der Waals surface area contributed by atoms with E-state index in [4.69, 9.17) is 16.9 Å². The molecule has 0 saturated carbocycles. The Hall–Kier alpha value is -2.54. The quantitative estimate of drug-likeness (QED) is 0.581. The van der Waals surface area contributed by atoms with Gasteiger partial charge in [-0.3, -0.25) is 10.4 Å². The van der Waals surface area contributed by atoms with Crippen molar-refractivity contribution in [3.63, 3.8) is 0 Å². The minimum atomic E-state index is -0.302. The normalized spacial score (nSPS) is 14.4. The molecule has 7 nitrogen and oxygen atoms in total. The van der Waals surface area contributed by atoms with E-state index in [0.717, 1.165) is 36.5 Å². The summed E-state index contributed by atoms with van der Waals surface area (Å²) in [6.07, 6.45) is 5.31. The summed E-state index contributed by atoms with van der Waals surface area (Å²) in [6, 6.07) is 3.86. The number of amidine groups is 1. The molecule has 0 saturated heterocycles. The van der Waals surface area contributed by atoms with Crippen LogP contribution in [0.1, 0.15) is 37.4 Å². The third-order valence-corrected chi connectivity index (χ3v) is 4.45. The first kappa shape index (κ1) is 16.3. The van der Waals surface area contributed by atoms with Gasteiger partial charge in [0.05, 0.1) is 23.3 Å². The molecule has 0 unspecified atom stereocenters. The molecule has 126 valence electrons. The van der Waals surface area contributed by atoms with E-state index in [-0.39, 0.29) is 17.1 Å². The second kappa shape index (κ2) is 6.16. The first-order chi connectivity index (χ1) is 11.4. The summed E-state index contributed by atoms with van der Waals surface area (Å²) in [6.45, 7) is 5.18. The van der Waals surface area contributed by atoms with Gasteiger partial charge in [0.25, 0.3) is 0 Å². The van der Waals surface area contributed by atoms with Crippen molar-refractivity contribution in [3.05, 3.63) is 41.6 Å². The lowest BCUT2D eigenvalue weighted by molar-refractivity contribution is 0.519. The lowest BCUT2D eigenvalue weighted by Gasteiger charge is -2.30. The van der Waals surface area contributed by atoms with Gasteiger partial charge in [-0.15, -0.1) is 0 Å². The maximum Gasteiger partial charge on any atom is 0.155 e. The molecule has 0 aliphatic carbocycles. The maximum absolute atomic E-state index is 8.56. The molecule has 7 heteroatoms. The van der Waals surface area contributed by atoms with Crippen molar-refractivity contribution in [3.8, 4) is 0 Å². The van der Waals surface area contributed by atoms with Crippen LogP contribution < -0.4 is 16.4 Å². The van der Waals surface area contributed by atoms with Gasteiger partial charge >= 0.3 is 0 Å². The fraction of sp³-hybridized carbons (Fsp3) is 0.412. The molecule has 2 aromatic heterocycles. The third kappa shape index (κ3) is 2.82. The highest BCUT2D eigenvalue weighted by atomic mass is 15.2. The number of nitrogens with one attached hydrogen (secondary N) is 1. The average Bonchev–Trinajstić information content (AvgIpc) is 2.60. The minimum absolute atomic E-state index is 0.256. The van der Waals surface area contributed by atoms with Crippen LogP contribution in [0.5, 0.6) is 0 Å². The summed E-state index contributed by atoms with van der Waals surface area (Å²) in [5.74, 6) is 0.515. The number of aryl methyl sites for hydroxylation is 1. The maximum atomic E-state index is 8.56. The van der Waals surface area contributed by atoms with E-state index in [9.17, 15) is 0 Å². The number of nitrogens with zero attached hydrogens (tertiary/aromatic N) is 4. The summed E-state index contributed by atoms with van der Waals surface area (Å²) in [5, 5.41) is 8.56. The van der Waals surface area contributed by atoms with Crippen LogP contribution in [0.2, 0.25) is 0 Å². The predicted octanol–water partition coefficient (Wildman–Crippen LogP) is 1.47. The second-order valence-corrected chi connectivity index (χ2v) is 6.65. The van der Waals surface area contributed by atoms with Crippen LogP contribution in [0, 0.1) is 5.41 Å². The molecule has 0 radical (unpaired) electrons.